The van der Waals surface area contributed by atoms with Gasteiger partial charge < -0.3 is 9.30 Å². The van der Waals surface area contributed by atoms with Crippen LogP contribution in [0.5, 0.6) is 5.75 Å². The van der Waals surface area contributed by atoms with Crippen molar-refractivity contribution in [1.29, 1.82) is 5.41 Å². The second-order valence-corrected chi connectivity index (χ2v) is 11.7. The molecule has 184 valence electrons. The molecule has 0 bridgehead atoms. The minimum atomic E-state index is -3.59. The van der Waals surface area contributed by atoms with Crippen LogP contribution in [0, 0.1) is 19.3 Å². The highest BCUT2D eigenvalue weighted by Gasteiger charge is 2.38. The largest absolute Gasteiger partial charge is 0.491 e. The molecule has 0 radical (unpaired) electrons. The summed E-state index contributed by atoms with van der Waals surface area (Å²) >= 11 is 0.764. The molecule has 0 atom stereocenters. The van der Waals surface area contributed by atoms with Gasteiger partial charge in [0.1, 0.15) is 12.4 Å². The molecule has 0 aliphatic carbocycles. The van der Waals surface area contributed by atoms with E-state index in [0.29, 0.717) is 13.2 Å². The molecule has 0 fully saturated rings. The number of nitrogens with zero attached hydrogens (tertiary/aromatic N) is 4. The molecular weight excluding hydrogens is 498 g/mol. The third-order valence-corrected chi connectivity index (χ3v) is 8.37. The SMILES string of the molecule is Cc1ccc(OCCn2cc(/C=C3/C(=N)N4N=C(S(C)(=O)=O)SC4=NC3=O)c3ccccc32)c(C)c1. The van der Waals surface area contributed by atoms with Gasteiger partial charge >= 0.3 is 0 Å². The van der Waals surface area contributed by atoms with E-state index < -0.39 is 15.7 Å². The summed E-state index contributed by atoms with van der Waals surface area (Å²) in [5.41, 5.74) is 3.99. The number of thioether (sulfide) groups is 1. The van der Waals surface area contributed by atoms with Gasteiger partial charge in [0.15, 0.2) is 5.84 Å². The molecule has 36 heavy (non-hydrogen) atoms. The van der Waals surface area contributed by atoms with Gasteiger partial charge in [0.25, 0.3) is 5.91 Å². The van der Waals surface area contributed by atoms with Crippen LogP contribution in [0.1, 0.15) is 16.7 Å². The number of sulfone groups is 1. The fraction of sp³-hybridized carbons (Fsp3) is 0.200. The zero-order chi connectivity index (χ0) is 25.6. The highest BCUT2D eigenvalue weighted by Crippen LogP contribution is 2.31. The highest BCUT2D eigenvalue weighted by molar-refractivity contribution is 8.42. The zero-order valence-corrected chi connectivity index (χ0v) is 21.5. The Bertz CT molecular complexity index is 1630. The maximum atomic E-state index is 12.8. The molecular formula is C25H23N5O4S2. The summed E-state index contributed by atoms with van der Waals surface area (Å²) in [6.07, 6.45) is 4.54. The number of carbonyl (C=O) groups excluding carboxylic acids is 1. The van der Waals surface area contributed by atoms with Gasteiger partial charge in [-0.2, -0.15) is 10.0 Å². The molecule has 3 heterocycles. The molecule has 2 aliphatic heterocycles. The number of amidine groups is 2. The lowest BCUT2D eigenvalue weighted by molar-refractivity contribution is -0.114. The van der Waals surface area contributed by atoms with E-state index in [9.17, 15) is 13.2 Å². The second kappa shape index (κ2) is 9.07. The number of carbonyl (C=O) groups is 1. The first-order valence-corrected chi connectivity index (χ1v) is 13.8. The van der Waals surface area contributed by atoms with Gasteiger partial charge in [-0.25, -0.2) is 8.42 Å². The van der Waals surface area contributed by atoms with Crippen LogP contribution in [0.15, 0.2) is 64.3 Å². The minimum absolute atomic E-state index is 0.0345. The topological polar surface area (TPSA) is 117 Å². The molecule has 1 aromatic heterocycles. The molecule has 0 unspecified atom stereocenters. The average Bonchev–Trinajstić information content (AvgIpc) is 3.40. The highest BCUT2D eigenvalue weighted by atomic mass is 32.3. The first-order valence-electron chi connectivity index (χ1n) is 11.1. The maximum absolute atomic E-state index is 12.8. The lowest BCUT2D eigenvalue weighted by Gasteiger charge is -2.19. The van der Waals surface area contributed by atoms with Crippen molar-refractivity contribution in [1.82, 2.24) is 9.58 Å². The van der Waals surface area contributed by atoms with E-state index in [-0.39, 0.29) is 21.0 Å². The Labute approximate surface area is 212 Å². The number of aryl methyl sites for hydroxylation is 2. The van der Waals surface area contributed by atoms with Crippen LogP contribution in [-0.4, -0.2) is 52.1 Å². The summed E-state index contributed by atoms with van der Waals surface area (Å²) < 4.78 is 31.6. The van der Waals surface area contributed by atoms with Crippen molar-refractivity contribution in [2.45, 2.75) is 20.4 Å². The van der Waals surface area contributed by atoms with E-state index in [4.69, 9.17) is 10.1 Å². The molecule has 1 N–H and O–H groups in total. The number of hydrogen-bond donors (Lipinski definition) is 1. The third-order valence-electron chi connectivity index (χ3n) is 5.79. The van der Waals surface area contributed by atoms with Crippen molar-refractivity contribution < 1.29 is 17.9 Å². The first kappa shape index (κ1) is 24.0. The van der Waals surface area contributed by atoms with Crippen molar-refractivity contribution in [3.05, 3.63) is 70.9 Å². The van der Waals surface area contributed by atoms with Gasteiger partial charge in [0.05, 0.1) is 12.1 Å². The quantitative estimate of drug-likeness (QED) is 0.508. The normalized spacial score (nSPS) is 17.0. The van der Waals surface area contributed by atoms with E-state index >= 15 is 0 Å². The van der Waals surface area contributed by atoms with Crippen molar-refractivity contribution >= 4 is 59.9 Å². The summed E-state index contributed by atoms with van der Waals surface area (Å²) in [7, 11) is -3.59. The van der Waals surface area contributed by atoms with Crippen LogP contribution in [0.3, 0.4) is 0 Å². The Morgan fingerprint density at radius 3 is 2.69 bits per heavy atom. The summed E-state index contributed by atoms with van der Waals surface area (Å²) in [6, 6.07) is 13.8. The number of fused-ring (bicyclic) bond motifs is 2. The number of amides is 1. The van der Waals surface area contributed by atoms with E-state index in [1.54, 1.807) is 6.08 Å². The van der Waals surface area contributed by atoms with Gasteiger partial charge in [-0.15, -0.1) is 5.10 Å². The van der Waals surface area contributed by atoms with Crippen LogP contribution in [0.2, 0.25) is 0 Å². The third kappa shape index (κ3) is 4.47. The first-order chi connectivity index (χ1) is 17.1. The summed E-state index contributed by atoms with van der Waals surface area (Å²) in [6.45, 7) is 5.09. The lowest BCUT2D eigenvalue weighted by Crippen LogP contribution is -2.35. The van der Waals surface area contributed by atoms with E-state index in [0.717, 1.165) is 50.8 Å². The van der Waals surface area contributed by atoms with Crippen molar-refractivity contribution in [3.8, 4) is 5.75 Å². The molecule has 0 spiro atoms. The van der Waals surface area contributed by atoms with Crippen LogP contribution in [-0.2, 0) is 21.2 Å². The van der Waals surface area contributed by atoms with Gasteiger partial charge in [-0.1, -0.05) is 35.9 Å². The number of nitrogens with one attached hydrogen (secondary N) is 1. The standard InChI is InChI=1S/C25H23N5O4S2/c1-15-8-9-21(16(2)12-15)34-11-10-29-14-17(18-6-4-5-7-20(18)29)13-19-22(26)30-24(27-23(19)31)35-25(28-30)36(3,32)33/h4-9,12-14,26H,10-11H2,1-3H3/b19-13-,26-22?. The predicted molar refractivity (Wildman–Crippen MR) is 143 cm³/mol. The number of para-hydroxylation sites is 1. The molecule has 2 aliphatic rings. The van der Waals surface area contributed by atoms with Gasteiger partial charge in [-0.3, -0.25) is 10.2 Å². The van der Waals surface area contributed by atoms with Gasteiger partial charge in [-0.05, 0) is 49.4 Å². The number of ether oxygens (including phenoxy) is 1. The smallest absolute Gasteiger partial charge is 0.283 e. The van der Waals surface area contributed by atoms with Gasteiger partial charge in [0.2, 0.25) is 19.4 Å². The number of aromatic nitrogens is 1. The van der Waals surface area contributed by atoms with Crippen LogP contribution >= 0.6 is 11.8 Å². The molecule has 0 saturated carbocycles. The lowest BCUT2D eigenvalue weighted by atomic mass is 10.1. The van der Waals surface area contributed by atoms with E-state index in [1.165, 1.54) is 5.56 Å². The molecule has 1 amide bonds. The zero-order valence-electron chi connectivity index (χ0n) is 19.8. The molecule has 9 nitrogen and oxygen atoms in total. The predicted octanol–water partition coefficient (Wildman–Crippen LogP) is 3.96. The van der Waals surface area contributed by atoms with Crippen LogP contribution in [0.4, 0.5) is 0 Å². The Morgan fingerprint density at radius 1 is 1.17 bits per heavy atom. The fourth-order valence-electron chi connectivity index (χ4n) is 4.07. The Kier molecular flexibility index (Phi) is 6.05. The number of aliphatic imine (C=N–C) groups is 1. The Balaban J connectivity index is 1.44. The van der Waals surface area contributed by atoms with Crippen molar-refractivity contribution in [3.63, 3.8) is 0 Å². The number of hydrogen-bond acceptors (Lipinski definition) is 7. The maximum Gasteiger partial charge on any atom is 0.283 e. The number of benzene rings is 2. The fourth-order valence-corrected chi connectivity index (χ4v) is 5.76. The van der Waals surface area contributed by atoms with E-state index in [1.807, 2.05) is 61.0 Å². The summed E-state index contributed by atoms with van der Waals surface area (Å²) in [5, 5.41) is 14.6. The summed E-state index contributed by atoms with van der Waals surface area (Å²) in [4.78, 5) is 16.7. The molecule has 2 aromatic carbocycles. The van der Waals surface area contributed by atoms with Crippen molar-refractivity contribution in [2.75, 3.05) is 12.9 Å². The van der Waals surface area contributed by atoms with Crippen LogP contribution in [0.25, 0.3) is 17.0 Å². The molecule has 0 saturated heterocycles. The van der Waals surface area contributed by atoms with Crippen molar-refractivity contribution in [2.24, 2.45) is 10.1 Å². The monoisotopic (exact) mass is 521 g/mol. The number of hydrazone groups is 1. The molecule has 11 heteroatoms. The molecule has 5 rings (SSSR count). The molecule has 3 aromatic rings. The Morgan fingerprint density at radius 2 is 1.94 bits per heavy atom. The van der Waals surface area contributed by atoms with Crippen LogP contribution < -0.4 is 4.74 Å². The Hall–Kier alpha value is -3.70. The average molecular weight is 522 g/mol. The second-order valence-electron chi connectivity index (χ2n) is 8.57. The summed E-state index contributed by atoms with van der Waals surface area (Å²) in [5.74, 6) is 0.0108. The number of rotatable bonds is 5. The minimum Gasteiger partial charge on any atom is -0.491 e. The van der Waals surface area contributed by atoms with E-state index in [2.05, 4.69) is 16.2 Å². The van der Waals surface area contributed by atoms with Gasteiger partial charge in [0, 0.05) is 28.9 Å².